The van der Waals surface area contributed by atoms with E-state index in [0.29, 0.717) is 6.42 Å². The molecule has 1 fully saturated rings. The third-order valence-corrected chi connectivity index (χ3v) is 3.84. The molecule has 1 aliphatic rings. The van der Waals surface area contributed by atoms with Gasteiger partial charge in [0.05, 0.1) is 11.3 Å². The summed E-state index contributed by atoms with van der Waals surface area (Å²) < 4.78 is 39.2. The van der Waals surface area contributed by atoms with Gasteiger partial charge in [-0.2, -0.15) is 13.2 Å². The van der Waals surface area contributed by atoms with Crippen LogP contribution < -0.4 is 5.32 Å². The summed E-state index contributed by atoms with van der Waals surface area (Å²) in [4.78, 5) is 24.0. The molecule has 0 aromatic heterocycles. The van der Waals surface area contributed by atoms with E-state index in [1.54, 1.807) is 0 Å². The molecule has 0 bridgehead atoms. The van der Waals surface area contributed by atoms with Crippen LogP contribution in [-0.4, -0.2) is 34.6 Å². The third kappa shape index (κ3) is 3.52. The minimum absolute atomic E-state index is 0.194. The number of amides is 2. The van der Waals surface area contributed by atoms with Gasteiger partial charge in [-0.15, -0.1) is 0 Å². The molecular formula is C13H12BrF3N2O3. The van der Waals surface area contributed by atoms with Crippen LogP contribution in [0.25, 0.3) is 0 Å². The normalized spacial score (nSPS) is 18.4. The first kappa shape index (κ1) is 16.6. The highest BCUT2D eigenvalue weighted by Gasteiger charge is 2.37. The molecule has 0 spiro atoms. The van der Waals surface area contributed by atoms with Crippen LogP contribution in [0, 0.1) is 0 Å². The number of halogens is 4. The number of hydrogen-bond acceptors (Lipinski definition) is 2. The van der Waals surface area contributed by atoms with Gasteiger partial charge >= 0.3 is 12.3 Å². The number of alkyl halides is 3. The summed E-state index contributed by atoms with van der Waals surface area (Å²) in [6, 6.07) is 2.39. The number of nitrogens with zero attached hydrogens (tertiary/aromatic N) is 1. The summed E-state index contributed by atoms with van der Waals surface area (Å²) in [5, 5.41) is 11.2. The van der Waals surface area contributed by atoms with Gasteiger partial charge in [-0.25, -0.2) is 4.79 Å². The Morgan fingerprint density at radius 2 is 2.05 bits per heavy atom. The fourth-order valence-corrected chi connectivity index (χ4v) is 2.71. The first-order valence-electron chi connectivity index (χ1n) is 6.37. The summed E-state index contributed by atoms with van der Waals surface area (Å²) in [5.41, 5.74) is -1.38. The van der Waals surface area contributed by atoms with E-state index in [9.17, 15) is 22.8 Å². The Morgan fingerprint density at radius 1 is 1.36 bits per heavy atom. The van der Waals surface area contributed by atoms with E-state index in [1.165, 1.54) is 6.07 Å². The van der Waals surface area contributed by atoms with Crippen molar-refractivity contribution in [2.24, 2.45) is 0 Å². The van der Waals surface area contributed by atoms with Gasteiger partial charge < -0.3 is 10.4 Å². The maximum atomic E-state index is 13.0. The first-order chi connectivity index (χ1) is 10.2. The van der Waals surface area contributed by atoms with E-state index in [2.05, 4.69) is 21.2 Å². The van der Waals surface area contributed by atoms with E-state index >= 15 is 0 Å². The largest absolute Gasteiger partial charge is 0.465 e. The molecule has 1 aliphatic heterocycles. The molecule has 1 atom stereocenters. The highest BCUT2D eigenvalue weighted by Crippen LogP contribution is 2.36. The van der Waals surface area contributed by atoms with Gasteiger partial charge in [-0.1, -0.05) is 15.9 Å². The summed E-state index contributed by atoms with van der Waals surface area (Å²) in [7, 11) is 0. The highest BCUT2D eigenvalue weighted by atomic mass is 79.9. The zero-order chi connectivity index (χ0) is 16.5. The number of likely N-dealkylation sites (tertiary alicyclic amines) is 1. The summed E-state index contributed by atoms with van der Waals surface area (Å²) in [5.74, 6) is -0.757. The second-order valence-corrected chi connectivity index (χ2v) is 5.73. The van der Waals surface area contributed by atoms with Crippen molar-refractivity contribution < 1.29 is 27.9 Å². The van der Waals surface area contributed by atoms with Crippen LogP contribution in [0.4, 0.5) is 23.7 Å². The molecule has 1 unspecified atom stereocenters. The van der Waals surface area contributed by atoms with Gasteiger partial charge in [0.2, 0.25) is 5.91 Å². The quantitative estimate of drug-likeness (QED) is 0.824. The molecule has 0 aliphatic carbocycles. The summed E-state index contributed by atoms with van der Waals surface area (Å²) in [6.45, 7) is 0.194. The number of rotatable bonds is 2. The van der Waals surface area contributed by atoms with Crippen molar-refractivity contribution in [3.05, 3.63) is 28.2 Å². The lowest BCUT2D eigenvalue weighted by Crippen LogP contribution is -2.42. The zero-order valence-electron chi connectivity index (χ0n) is 11.2. The van der Waals surface area contributed by atoms with Gasteiger partial charge in [0.25, 0.3) is 0 Å². The lowest BCUT2D eigenvalue weighted by molar-refractivity contribution is -0.137. The lowest BCUT2D eigenvalue weighted by Gasteiger charge is -2.22. The van der Waals surface area contributed by atoms with Gasteiger partial charge in [0.1, 0.15) is 6.04 Å². The van der Waals surface area contributed by atoms with Gasteiger partial charge in [0.15, 0.2) is 0 Å². The summed E-state index contributed by atoms with van der Waals surface area (Å²) in [6.07, 6.45) is -5.11. The van der Waals surface area contributed by atoms with Crippen molar-refractivity contribution in [3.8, 4) is 0 Å². The van der Waals surface area contributed by atoms with Crippen LogP contribution in [0.1, 0.15) is 18.4 Å². The molecule has 2 rings (SSSR count). The van der Waals surface area contributed by atoms with Crippen LogP contribution in [0.15, 0.2) is 22.7 Å². The fourth-order valence-electron chi connectivity index (χ4n) is 2.34. The Bertz CT molecular complexity index is 607. The van der Waals surface area contributed by atoms with Crippen molar-refractivity contribution in [1.29, 1.82) is 0 Å². The number of carbonyl (C=O) groups excluding carboxylic acids is 1. The first-order valence-corrected chi connectivity index (χ1v) is 7.16. The molecule has 1 aromatic carbocycles. The van der Waals surface area contributed by atoms with Crippen molar-refractivity contribution in [2.45, 2.75) is 25.1 Å². The van der Waals surface area contributed by atoms with E-state index in [-0.39, 0.29) is 17.4 Å². The molecule has 2 amide bonds. The van der Waals surface area contributed by atoms with Crippen molar-refractivity contribution in [2.75, 3.05) is 11.9 Å². The zero-order valence-corrected chi connectivity index (χ0v) is 12.7. The number of hydrogen-bond donors (Lipinski definition) is 2. The van der Waals surface area contributed by atoms with Gasteiger partial charge in [0, 0.05) is 11.0 Å². The van der Waals surface area contributed by atoms with Crippen LogP contribution >= 0.6 is 15.9 Å². The lowest BCUT2D eigenvalue weighted by atomic mass is 10.1. The van der Waals surface area contributed by atoms with Crippen molar-refractivity contribution in [1.82, 2.24) is 4.90 Å². The second kappa shape index (κ2) is 6.15. The van der Waals surface area contributed by atoms with Crippen molar-refractivity contribution >= 4 is 33.6 Å². The molecule has 1 saturated heterocycles. The van der Waals surface area contributed by atoms with Gasteiger partial charge in [-0.3, -0.25) is 9.69 Å². The van der Waals surface area contributed by atoms with Gasteiger partial charge in [-0.05, 0) is 31.0 Å². The number of carbonyl (C=O) groups is 2. The molecule has 1 aromatic rings. The maximum Gasteiger partial charge on any atom is 0.418 e. The average Bonchev–Trinajstić information content (AvgIpc) is 2.89. The van der Waals surface area contributed by atoms with Crippen molar-refractivity contribution in [3.63, 3.8) is 0 Å². The van der Waals surface area contributed by atoms with Crippen LogP contribution in [0.2, 0.25) is 0 Å². The Labute approximate surface area is 132 Å². The van der Waals surface area contributed by atoms with E-state index in [1.807, 2.05) is 0 Å². The van der Waals surface area contributed by atoms with E-state index < -0.39 is 35.5 Å². The topological polar surface area (TPSA) is 69.6 Å². The SMILES string of the molecule is O=C(Nc1ccc(Br)cc1C(F)(F)F)C1CCCN1C(=O)O. The molecule has 22 heavy (non-hydrogen) atoms. The number of anilines is 1. The molecule has 2 N–H and O–H groups in total. The minimum atomic E-state index is -4.63. The third-order valence-electron chi connectivity index (χ3n) is 3.35. The number of nitrogens with one attached hydrogen (secondary N) is 1. The van der Waals surface area contributed by atoms with Crippen LogP contribution in [0.5, 0.6) is 0 Å². The average molecular weight is 381 g/mol. The number of carboxylic acid groups (broad SMARTS) is 1. The Hall–Kier alpha value is -1.77. The Balaban J connectivity index is 2.24. The van der Waals surface area contributed by atoms with E-state index in [4.69, 9.17) is 5.11 Å². The highest BCUT2D eigenvalue weighted by molar-refractivity contribution is 9.10. The smallest absolute Gasteiger partial charge is 0.418 e. The second-order valence-electron chi connectivity index (χ2n) is 4.81. The van der Waals surface area contributed by atoms with Crippen LogP contribution in [0.3, 0.4) is 0 Å². The fraction of sp³-hybridized carbons (Fsp3) is 0.385. The van der Waals surface area contributed by atoms with E-state index in [0.717, 1.165) is 17.0 Å². The van der Waals surface area contributed by atoms with Crippen LogP contribution in [-0.2, 0) is 11.0 Å². The maximum absolute atomic E-state index is 13.0. The molecular weight excluding hydrogens is 369 g/mol. The molecule has 120 valence electrons. The minimum Gasteiger partial charge on any atom is -0.465 e. The Kier molecular flexibility index (Phi) is 4.64. The molecule has 0 saturated carbocycles. The molecule has 5 nitrogen and oxygen atoms in total. The number of benzene rings is 1. The standard InChI is InChI=1S/C13H12BrF3N2O3/c14-7-3-4-9(8(6-7)13(15,16)17)18-11(20)10-2-1-5-19(10)12(21)22/h3-4,6,10H,1-2,5H2,(H,18,20)(H,21,22). The predicted octanol–water partition coefficient (Wildman–Crippen LogP) is 3.55. The molecule has 9 heteroatoms. The predicted molar refractivity (Wildman–Crippen MR) is 75.5 cm³/mol. The monoisotopic (exact) mass is 380 g/mol. The molecule has 0 radical (unpaired) electrons. The Morgan fingerprint density at radius 3 is 2.64 bits per heavy atom. The molecule has 1 heterocycles. The summed E-state index contributed by atoms with van der Waals surface area (Å²) >= 11 is 2.95.